The minimum Gasteiger partial charge on any atom is -0.496 e. The number of halogens is 1. The van der Waals surface area contributed by atoms with Crippen molar-refractivity contribution in [1.82, 2.24) is 15.2 Å². The molecule has 0 bridgehead atoms. The van der Waals surface area contributed by atoms with Gasteiger partial charge in [0.1, 0.15) is 10.8 Å². The molecule has 0 radical (unpaired) electrons. The molecule has 142 valence electrons. The molecule has 0 aliphatic heterocycles. The van der Waals surface area contributed by atoms with E-state index in [9.17, 15) is 4.79 Å². The molecule has 0 aliphatic carbocycles. The van der Waals surface area contributed by atoms with E-state index < -0.39 is 6.09 Å². The van der Waals surface area contributed by atoms with Crippen LogP contribution in [0.4, 0.5) is 9.93 Å². The van der Waals surface area contributed by atoms with E-state index in [0.717, 1.165) is 30.8 Å². The molecule has 2 aromatic heterocycles. The number of aromatic nitrogens is 3. The second-order valence-corrected chi connectivity index (χ2v) is 8.97. The van der Waals surface area contributed by atoms with Crippen molar-refractivity contribution < 1.29 is 14.3 Å². The average molecular weight is 487 g/mol. The molecule has 1 aromatic carbocycles. The van der Waals surface area contributed by atoms with Crippen LogP contribution in [-0.4, -0.2) is 35.0 Å². The molecule has 0 unspecified atom stereocenters. The molecule has 11 heteroatoms. The third kappa shape index (κ3) is 5.41. The smallest absolute Gasteiger partial charge is 0.413 e. The fourth-order valence-electron chi connectivity index (χ4n) is 2.05. The quantitative estimate of drug-likeness (QED) is 0.358. The van der Waals surface area contributed by atoms with E-state index in [1.165, 1.54) is 23.1 Å². The monoisotopic (exact) mass is 486 g/mol. The van der Waals surface area contributed by atoms with Gasteiger partial charge < -0.3 is 9.47 Å². The van der Waals surface area contributed by atoms with E-state index in [0.29, 0.717) is 17.5 Å². The number of methoxy groups -OCH3 is 1. The summed E-state index contributed by atoms with van der Waals surface area (Å²) in [7, 11) is 1.65. The number of nitrogens with zero attached hydrogens (tertiary/aromatic N) is 3. The molecule has 27 heavy (non-hydrogen) atoms. The predicted octanol–water partition coefficient (Wildman–Crippen LogP) is 5.29. The summed E-state index contributed by atoms with van der Waals surface area (Å²) in [5.74, 6) is 1.44. The van der Waals surface area contributed by atoms with Crippen LogP contribution in [-0.2, 0) is 10.5 Å². The van der Waals surface area contributed by atoms with E-state index in [1.807, 2.05) is 23.6 Å². The molecule has 0 aliphatic rings. The summed E-state index contributed by atoms with van der Waals surface area (Å²) in [5.41, 5.74) is 1.89. The maximum Gasteiger partial charge on any atom is 0.413 e. The van der Waals surface area contributed by atoms with Crippen molar-refractivity contribution in [1.29, 1.82) is 0 Å². The molecule has 2 heterocycles. The van der Waals surface area contributed by atoms with E-state index in [-0.39, 0.29) is 0 Å². The Kier molecular flexibility index (Phi) is 7.05. The number of benzene rings is 1. The van der Waals surface area contributed by atoms with Gasteiger partial charge in [-0.05, 0) is 25.1 Å². The van der Waals surface area contributed by atoms with Crippen molar-refractivity contribution in [2.75, 3.05) is 19.0 Å². The maximum atomic E-state index is 11.4. The first-order valence-corrected chi connectivity index (χ1v) is 11.2. The van der Waals surface area contributed by atoms with Gasteiger partial charge in [-0.15, -0.1) is 21.5 Å². The second kappa shape index (κ2) is 9.49. The molecular weight excluding hydrogens is 472 g/mol. The zero-order chi connectivity index (χ0) is 19.2. The van der Waals surface area contributed by atoms with Gasteiger partial charge in [0.2, 0.25) is 5.13 Å². The highest BCUT2D eigenvalue weighted by Gasteiger charge is 2.13. The molecule has 7 nitrogen and oxygen atoms in total. The lowest BCUT2D eigenvalue weighted by Crippen LogP contribution is -2.12. The number of carbonyl (C=O) groups excluding carboxylic acids is 1. The number of carbonyl (C=O) groups is 1. The number of anilines is 1. The molecule has 3 rings (SSSR count). The standard InChI is InChI=1S/C16H15BrN4O3S3/c1-3-24-15(22)19-14-20-21-16(27-14)26-8-10-7-25-13(18-10)11-6-9(17)4-5-12(11)23-2/h4-7H,3,8H2,1-2H3,(H,19,20,22). The minimum atomic E-state index is -0.530. The summed E-state index contributed by atoms with van der Waals surface area (Å²) in [4.78, 5) is 16.1. The van der Waals surface area contributed by atoms with Gasteiger partial charge in [-0.1, -0.05) is 39.0 Å². The Balaban J connectivity index is 1.63. The van der Waals surface area contributed by atoms with Crippen LogP contribution in [0.3, 0.4) is 0 Å². The number of hydrogen-bond acceptors (Lipinski definition) is 9. The SMILES string of the molecule is CCOC(=O)Nc1nnc(SCc2csc(-c3cc(Br)ccc3OC)n2)s1. The Hall–Kier alpha value is -1.69. The van der Waals surface area contributed by atoms with Gasteiger partial charge in [-0.25, -0.2) is 9.78 Å². The van der Waals surface area contributed by atoms with Gasteiger partial charge in [0, 0.05) is 15.6 Å². The fourth-order valence-corrected chi connectivity index (χ4v) is 4.99. The number of thioether (sulfide) groups is 1. The topological polar surface area (TPSA) is 86.2 Å². The highest BCUT2D eigenvalue weighted by Crippen LogP contribution is 2.36. The van der Waals surface area contributed by atoms with Crippen LogP contribution in [0.5, 0.6) is 5.75 Å². The van der Waals surface area contributed by atoms with Crippen LogP contribution in [0, 0.1) is 0 Å². The highest BCUT2D eigenvalue weighted by molar-refractivity contribution is 9.10. The minimum absolute atomic E-state index is 0.307. The van der Waals surface area contributed by atoms with E-state index in [2.05, 4.69) is 36.4 Å². The number of nitrogens with one attached hydrogen (secondary N) is 1. The molecule has 3 aromatic rings. The largest absolute Gasteiger partial charge is 0.496 e. The summed E-state index contributed by atoms with van der Waals surface area (Å²) in [5, 5.41) is 13.9. The first-order valence-electron chi connectivity index (χ1n) is 7.77. The van der Waals surface area contributed by atoms with Crippen LogP contribution < -0.4 is 10.1 Å². The predicted molar refractivity (Wildman–Crippen MR) is 112 cm³/mol. The Bertz CT molecular complexity index is 931. The molecule has 0 atom stereocenters. The zero-order valence-corrected chi connectivity index (χ0v) is 18.4. The van der Waals surface area contributed by atoms with E-state index in [4.69, 9.17) is 9.47 Å². The summed E-state index contributed by atoms with van der Waals surface area (Å²) in [6.45, 7) is 2.05. The summed E-state index contributed by atoms with van der Waals surface area (Å²) < 4.78 is 12.0. The van der Waals surface area contributed by atoms with Crippen molar-refractivity contribution in [3.63, 3.8) is 0 Å². The third-order valence-corrected chi connectivity index (χ3v) is 6.60. The summed E-state index contributed by atoms with van der Waals surface area (Å²) in [6.07, 6.45) is -0.530. The molecular formula is C16H15BrN4O3S3. The van der Waals surface area contributed by atoms with Gasteiger partial charge >= 0.3 is 6.09 Å². The van der Waals surface area contributed by atoms with Gasteiger partial charge in [-0.3, -0.25) is 5.32 Å². The maximum absolute atomic E-state index is 11.4. The van der Waals surface area contributed by atoms with Crippen molar-refractivity contribution in [2.45, 2.75) is 17.0 Å². The molecule has 0 saturated carbocycles. The highest BCUT2D eigenvalue weighted by atomic mass is 79.9. The molecule has 1 N–H and O–H groups in total. The number of thiazole rings is 1. The summed E-state index contributed by atoms with van der Waals surface area (Å²) >= 11 is 7.86. The lowest BCUT2D eigenvalue weighted by atomic mass is 10.2. The van der Waals surface area contributed by atoms with Crippen LogP contribution in [0.1, 0.15) is 12.6 Å². The average Bonchev–Trinajstić information content (AvgIpc) is 3.29. The van der Waals surface area contributed by atoms with E-state index in [1.54, 1.807) is 25.4 Å². The van der Waals surface area contributed by atoms with Crippen LogP contribution in [0.2, 0.25) is 0 Å². The first kappa shape index (κ1) is 20.1. The van der Waals surface area contributed by atoms with Gasteiger partial charge in [0.25, 0.3) is 0 Å². The molecule has 0 fully saturated rings. The zero-order valence-electron chi connectivity index (χ0n) is 14.4. The van der Waals surface area contributed by atoms with Gasteiger partial charge in [0.15, 0.2) is 4.34 Å². The molecule has 1 amide bonds. The number of ether oxygens (including phenoxy) is 2. The van der Waals surface area contributed by atoms with E-state index >= 15 is 0 Å². The lowest BCUT2D eigenvalue weighted by Gasteiger charge is -2.06. The first-order chi connectivity index (χ1) is 13.1. The second-order valence-electron chi connectivity index (χ2n) is 5.00. The Labute approximate surface area is 176 Å². The lowest BCUT2D eigenvalue weighted by molar-refractivity contribution is 0.168. The van der Waals surface area contributed by atoms with Crippen molar-refractivity contribution in [3.8, 4) is 16.3 Å². The Morgan fingerprint density at radius 1 is 1.37 bits per heavy atom. The number of amides is 1. The van der Waals surface area contributed by atoms with Crippen molar-refractivity contribution >= 4 is 61.6 Å². The third-order valence-electron chi connectivity index (χ3n) is 3.18. The van der Waals surface area contributed by atoms with Crippen LogP contribution in [0.15, 0.2) is 32.4 Å². The Morgan fingerprint density at radius 3 is 3.00 bits per heavy atom. The fraction of sp³-hybridized carbons (Fsp3) is 0.250. The Morgan fingerprint density at radius 2 is 2.22 bits per heavy atom. The van der Waals surface area contributed by atoms with Crippen molar-refractivity contribution in [2.24, 2.45) is 0 Å². The number of rotatable bonds is 7. The molecule has 0 saturated heterocycles. The van der Waals surface area contributed by atoms with Gasteiger partial charge in [-0.2, -0.15) is 0 Å². The van der Waals surface area contributed by atoms with Crippen LogP contribution >= 0.6 is 50.4 Å². The molecule has 0 spiro atoms. The normalized spacial score (nSPS) is 10.6. The van der Waals surface area contributed by atoms with Crippen LogP contribution in [0.25, 0.3) is 10.6 Å². The van der Waals surface area contributed by atoms with Crippen molar-refractivity contribution in [3.05, 3.63) is 33.7 Å². The summed E-state index contributed by atoms with van der Waals surface area (Å²) in [6, 6.07) is 5.84. The number of hydrogen-bond donors (Lipinski definition) is 1. The van der Waals surface area contributed by atoms with Gasteiger partial charge in [0.05, 0.1) is 25.0 Å².